The topological polar surface area (TPSA) is 55.9 Å². The molecule has 2 aliphatic heterocycles. The summed E-state index contributed by atoms with van der Waals surface area (Å²) in [5, 5.41) is 3.02. The fraction of sp³-hybridized carbons (Fsp3) is 0.882. The van der Waals surface area contributed by atoms with Crippen molar-refractivity contribution in [1.82, 2.24) is 20.0 Å². The van der Waals surface area contributed by atoms with E-state index in [4.69, 9.17) is 0 Å². The van der Waals surface area contributed by atoms with E-state index < -0.39 is 0 Å². The molecule has 0 unspecified atom stereocenters. The molecule has 0 radical (unpaired) electrons. The largest absolute Gasteiger partial charge is 0.355 e. The average Bonchev–Trinajstić information content (AvgIpc) is 3.40. The minimum absolute atomic E-state index is 0.148. The maximum atomic E-state index is 12.3. The zero-order valence-electron chi connectivity index (χ0n) is 14.1. The summed E-state index contributed by atoms with van der Waals surface area (Å²) in [4.78, 5) is 30.6. The summed E-state index contributed by atoms with van der Waals surface area (Å²) in [6, 6.07) is 0. The van der Waals surface area contributed by atoms with Gasteiger partial charge in [0.15, 0.2) is 0 Å². The van der Waals surface area contributed by atoms with Crippen molar-refractivity contribution in [2.45, 2.75) is 32.1 Å². The molecule has 2 heterocycles. The van der Waals surface area contributed by atoms with Gasteiger partial charge in [-0.25, -0.2) is 0 Å². The lowest BCUT2D eigenvalue weighted by Crippen LogP contribution is -2.52. The van der Waals surface area contributed by atoms with E-state index in [1.165, 1.54) is 19.3 Å². The Morgan fingerprint density at radius 3 is 2.04 bits per heavy atom. The van der Waals surface area contributed by atoms with E-state index in [0.717, 1.165) is 64.6 Å². The average molecular weight is 322 g/mol. The van der Waals surface area contributed by atoms with E-state index in [9.17, 15) is 9.59 Å². The first kappa shape index (κ1) is 16.7. The first-order valence-corrected chi connectivity index (χ1v) is 9.20. The molecule has 6 nitrogen and oxygen atoms in total. The highest BCUT2D eigenvalue weighted by Gasteiger charge is 2.25. The number of piperidine rings is 1. The molecular formula is C17H30N4O2. The second-order valence-electron chi connectivity index (χ2n) is 7.24. The summed E-state index contributed by atoms with van der Waals surface area (Å²) >= 11 is 0. The number of carbonyl (C=O) groups is 2. The van der Waals surface area contributed by atoms with Gasteiger partial charge >= 0.3 is 0 Å². The van der Waals surface area contributed by atoms with Crippen LogP contribution < -0.4 is 5.32 Å². The minimum atomic E-state index is 0.148. The van der Waals surface area contributed by atoms with Crippen molar-refractivity contribution in [2.24, 2.45) is 5.92 Å². The van der Waals surface area contributed by atoms with Crippen LogP contribution in [0.5, 0.6) is 0 Å². The number of rotatable bonds is 6. The van der Waals surface area contributed by atoms with Crippen molar-refractivity contribution < 1.29 is 9.59 Å². The molecule has 2 saturated heterocycles. The second-order valence-corrected chi connectivity index (χ2v) is 7.24. The standard InChI is InChI=1S/C17H30N4O2/c22-16(18-12-15-4-5-15)13-19-8-10-20(11-9-19)14-17(23)21-6-2-1-3-7-21/h15H,1-14H2,(H,18,22). The molecule has 0 aromatic rings. The van der Waals surface area contributed by atoms with Crippen LogP contribution in [0.2, 0.25) is 0 Å². The van der Waals surface area contributed by atoms with Gasteiger partial charge in [0.1, 0.15) is 0 Å². The van der Waals surface area contributed by atoms with Crippen LogP contribution >= 0.6 is 0 Å². The van der Waals surface area contributed by atoms with Gasteiger partial charge in [-0.05, 0) is 38.0 Å². The van der Waals surface area contributed by atoms with Gasteiger partial charge in [-0.3, -0.25) is 19.4 Å². The van der Waals surface area contributed by atoms with E-state index >= 15 is 0 Å². The summed E-state index contributed by atoms with van der Waals surface area (Å²) in [6.45, 7) is 7.28. The molecule has 3 aliphatic rings. The number of amides is 2. The normalized spacial score (nSPS) is 23.7. The van der Waals surface area contributed by atoms with Crippen LogP contribution in [0.15, 0.2) is 0 Å². The van der Waals surface area contributed by atoms with Gasteiger partial charge in [0.05, 0.1) is 13.1 Å². The van der Waals surface area contributed by atoms with Crippen LogP contribution in [-0.2, 0) is 9.59 Å². The first-order valence-electron chi connectivity index (χ1n) is 9.20. The Labute approximate surface area is 139 Å². The molecule has 1 saturated carbocycles. The lowest BCUT2D eigenvalue weighted by atomic mass is 10.1. The molecule has 1 N–H and O–H groups in total. The highest BCUT2D eigenvalue weighted by molar-refractivity contribution is 5.78. The molecule has 23 heavy (non-hydrogen) atoms. The van der Waals surface area contributed by atoms with Crippen molar-refractivity contribution in [3.8, 4) is 0 Å². The van der Waals surface area contributed by atoms with Gasteiger partial charge in [-0.1, -0.05) is 0 Å². The van der Waals surface area contributed by atoms with Gasteiger partial charge < -0.3 is 10.2 Å². The van der Waals surface area contributed by atoms with Crippen LogP contribution in [0.3, 0.4) is 0 Å². The zero-order chi connectivity index (χ0) is 16.1. The van der Waals surface area contributed by atoms with Crippen molar-refractivity contribution in [3.05, 3.63) is 0 Å². The lowest BCUT2D eigenvalue weighted by molar-refractivity contribution is -0.134. The van der Waals surface area contributed by atoms with E-state index in [1.807, 2.05) is 4.90 Å². The van der Waals surface area contributed by atoms with Crippen LogP contribution in [0.1, 0.15) is 32.1 Å². The van der Waals surface area contributed by atoms with Gasteiger partial charge in [-0.15, -0.1) is 0 Å². The number of likely N-dealkylation sites (tertiary alicyclic amines) is 1. The quantitative estimate of drug-likeness (QED) is 0.756. The van der Waals surface area contributed by atoms with Gasteiger partial charge in [0.2, 0.25) is 11.8 Å². The Hall–Kier alpha value is -1.14. The van der Waals surface area contributed by atoms with Gasteiger partial charge in [0, 0.05) is 45.8 Å². The summed E-state index contributed by atoms with van der Waals surface area (Å²) in [5.74, 6) is 1.16. The van der Waals surface area contributed by atoms with E-state index in [0.29, 0.717) is 13.1 Å². The van der Waals surface area contributed by atoms with E-state index in [2.05, 4.69) is 15.1 Å². The number of nitrogens with zero attached hydrogens (tertiary/aromatic N) is 3. The number of carbonyl (C=O) groups excluding carboxylic acids is 2. The first-order chi connectivity index (χ1) is 11.2. The van der Waals surface area contributed by atoms with Gasteiger partial charge in [-0.2, -0.15) is 0 Å². The van der Waals surface area contributed by atoms with Crippen LogP contribution in [-0.4, -0.2) is 85.4 Å². The number of hydrogen-bond acceptors (Lipinski definition) is 4. The van der Waals surface area contributed by atoms with E-state index in [-0.39, 0.29) is 11.8 Å². The molecular weight excluding hydrogens is 292 g/mol. The molecule has 0 spiro atoms. The second kappa shape index (κ2) is 8.11. The third-order valence-electron chi connectivity index (χ3n) is 5.18. The van der Waals surface area contributed by atoms with Crippen molar-refractivity contribution >= 4 is 11.8 Å². The highest BCUT2D eigenvalue weighted by Crippen LogP contribution is 2.27. The Kier molecular flexibility index (Phi) is 5.89. The maximum Gasteiger partial charge on any atom is 0.236 e. The van der Waals surface area contributed by atoms with Crippen LogP contribution in [0.25, 0.3) is 0 Å². The Morgan fingerprint density at radius 2 is 1.43 bits per heavy atom. The number of piperazine rings is 1. The Morgan fingerprint density at radius 1 is 0.826 bits per heavy atom. The third kappa shape index (κ3) is 5.46. The van der Waals surface area contributed by atoms with Crippen molar-refractivity contribution in [3.63, 3.8) is 0 Å². The zero-order valence-corrected chi connectivity index (χ0v) is 14.1. The van der Waals surface area contributed by atoms with E-state index in [1.54, 1.807) is 0 Å². The Balaban J connectivity index is 1.31. The lowest BCUT2D eigenvalue weighted by Gasteiger charge is -2.35. The number of nitrogens with one attached hydrogen (secondary N) is 1. The SMILES string of the molecule is O=C(CN1CCN(CC(=O)N2CCCCC2)CC1)NCC1CC1. The fourth-order valence-corrected chi connectivity index (χ4v) is 3.38. The molecule has 0 aromatic heterocycles. The summed E-state index contributed by atoms with van der Waals surface area (Å²) in [6.07, 6.45) is 6.09. The molecule has 130 valence electrons. The monoisotopic (exact) mass is 322 g/mol. The summed E-state index contributed by atoms with van der Waals surface area (Å²) in [7, 11) is 0. The molecule has 0 atom stereocenters. The van der Waals surface area contributed by atoms with Crippen LogP contribution in [0, 0.1) is 5.92 Å². The van der Waals surface area contributed by atoms with Gasteiger partial charge in [0.25, 0.3) is 0 Å². The molecule has 3 fully saturated rings. The predicted octanol–water partition coefficient (Wildman–Crippen LogP) is 0.143. The van der Waals surface area contributed by atoms with Crippen LogP contribution in [0.4, 0.5) is 0 Å². The predicted molar refractivity (Wildman–Crippen MR) is 89.0 cm³/mol. The van der Waals surface area contributed by atoms with Crippen molar-refractivity contribution in [1.29, 1.82) is 0 Å². The summed E-state index contributed by atoms with van der Waals surface area (Å²) < 4.78 is 0. The summed E-state index contributed by atoms with van der Waals surface area (Å²) in [5.41, 5.74) is 0. The highest BCUT2D eigenvalue weighted by atomic mass is 16.2. The molecule has 2 amide bonds. The molecule has 6 heteroatoms. The molecule has 0 bridgehead atoms. The Bertz CT molecular complexity index is 411. The fourth-order valence-electron chi connectivity index (χ4n) is 3.38. The molecule has 0 aromatic carbocycles. The third-order valence-corrected chi connectivity index (χ3v) is 5.18. The minimum Gasteiger partial charge on any atom is -0.355 e. The number of hydrogen-bond donors (Lipinski definition) is 1. The maximum absolute atomic E-state index is 12.3. The molecule has 3 rings (SSSR count). The van der Waals surface area contributed by atoms with Crippen molar-refractivity contribution in [2.75, 3.05) is 58.9 Å². The smallest absolute Gasteiger partial charge is 0.236 e. The molecule has 1 aliphatic carbocycles.